The molecule has 4 unspecified atom stereocenters. The van der Waals surface area contributed by atoms with Crippen LogP contribution in [-0.4, -0.2) is 69.9 Å². The van der Waals surface area contributed by atoms with Crippen molar-refractivity contribution in [3.63, 3.8) is 0 Å². The van der Waals surface area contributed by atoms with Gasteiger partial charge in [-0.25, -0.2) is 4.79 Å². The summed E-state index contributed by atoms with van der Waals surface area (Å²) in [6.07, 6.45) is -1.23. The molecule has 0 saturated heterocycles. The van der Waals surface area contributed by atoms with Crippen LogP contribution in [0.1, 0.15) is 38.7 Å². The Morgan fingerprint density at radius 3 is 1.83 bits per heavy atom. The highest BCUT2D eigenvalue weighted by Crippen LogP contribution is 2.08. The lowest BCUT2D eigenvalue weighted by molar-refractivity contribution is -0.147. The molecule has 0 aliphatic heterocycles. The monoisotopic (exact) mass is 507 g/mol. The number of hydrogen-bond donors (Lipinski definition) is 7. The van der Waals surface area contributed by atoms with Gasteiger partial charge in [0.1, 0.15) is 18.1 Å². The minimum absolute atomic E-state index is 0.0678. The number of aliphatic carboxylic acids is 2. The van der Waals surface area contributed by atoms with Crippen molar-refractivity contribution < 1.29 is 39.0 Å². The van der Waals surface area contributed by atoms with E-state index in [9.17, 15) is 28.8 Å². The molecular formula is C23H33N5O8. The van der Waals surface area contributed by atoms with Crippen LogP contribution in [0.3, 0.4) is 0 Å². The molecule has 9 N–H and O–H groups in total. The zero-order chi connectivity index (χ0) is 27.4. The maximum absolute atomic E-state index is 13.0. The van der Waals surface area contributed by atoms with E-state index in [1.807, 2.05) is 11.4 Å². The maximum Gasteiger partial charge on any atom is 0.326 e. The quantitative estimate of drug-likeness (QED) is 0.146. The minimum Gasteiger partial charge on any atom is -0.481 e. The third kappa shape index (κ3) is 11.0. The largest absolute Gasteiger partial charge is 0.481 e. The van der Waals surface area contributed by atoms with Crippen molar-refractivity contribution in [2.75, 3.05) is 0 Å². The Balaban J connectivity index is 2.98. The summed E-state index contributed by atoms with van der Waals surface area (Å²) < 4.78 is 0. The van der Waals surface area contributed by atoms with Crippen LogP contribution in [-0.2, 0) is 35.2 Å². The van der Waals surface area contributed by atoms with Crippen molar-refractivity contribution in [3.05, 3.63) is 35.9 Å². The molecule has 13 heteroatoms. The van der Waals surface area contributed by atoms with Gasteiger partial charge in [0.05, 0.1) is 18.9 Å². The van der Waals surface area contributed by atoms with Crippen molar-refractivity contribution in [1.82, 2.24) is 16.0 Å². The molecule has 0 aromatic heterocycles. The van der Waals surface area contributed by atoms with Gasteiger partial charge < -0.3 is 37.6 Å². The third-order valence-corrected chi connectivity index (χ3v) is 5.01. The van der Waals surface area contributed by atoms with Crippen LogP contribution in [0.4, 0.5) is 0 Å². The molecule has 4 atom stereocenters. The number of carboxylic acid groups (broad SMARTS) is 2. The van der Waals surface area contributed by atoms with Crippen molar-refractivity contribution in [2.45, 2.75) is 63.7 Å². The molecule has 0 aliphatic rings. The van der Waals surface area contributed by atoms with E-state index in [0.717, 1.165) is 5.56 Å². The zero-order valence-corrected chi connectivity index (χ0v) is 20.1. The molecule has 0 fully saturated rings. The highest BCUT2D eigenvalue weighted by Gasteiger charge is 2.32. The summed E-state index contributed by atoms with van der Waals surface area (Å²) in [6.45, 7) is 3.60. The summed E-state index contributed by atoms with van der Waals surface area (Å²) in [5, 5.41) is 24.8. The summed E-state index contributed by atoms with van der Waals surface area (Å²) in [6, 6.07) is 3.51. The second-order valence-corrected chi connectivity index (χ2v) is 8.72. The van der Waals surface area contributed by atoms with E-state index >= 15 is 0 Å². The third-order valence-electron chi connectivity index (χ3n) is 5.01. The Morgan fingerprint density at radius 1 is 0.806 bits per heavy atom. The van der Waals surface area contributed by atoms with Crippen LogP contribution >= 0.6 is 0 Å². The lowest BCUT2D eigenvalue weighted by atomic mass is 10.0. The van der Waals surface area contributed by atoms with Crippen LogP contribution in [0, 0.1) is 5.92 Å². The molecule has 0 saturated carbocycles. The molecule has 0 aliphatic carbocycles. The Hall–Kier alpha value is -4.00. The zero-order valence-electron chi connectivity index (χ0n) is 20.1. The molecule has 1 aromatic carbocycles. The molecule has 1 aromatic rings. The summed E-state index contributed by atoms with van der Waals surface area (Å²) in [5.41, 5.74) is 12.0. The van der Waals surface area contributed by atoms with E-state index in [-0.39, 0.29) is 18.8 Å². The first-order valence-electron chi connectivity index (χ1n) is 11.2. The Bertz CT molecular complexity index is 953. The fourth-order valence-electron chi connectivity index (χ4n) is 3.27. The standard InChI is InChI=1S/C23H33N5O8/c1-12(2)8-15(26-20(32)14(24)9-13-6-4-3-5-7-13)21(33)27-16(10-18(25)29)22(34)28-17(23(35)36)11-19(30)31/h3-7,12,14-17H,8-11,24H2,1-2H3,(H2,25,29)(H,26,32)(H,27,33)(H,28,34)(H,30,31)(H,35,36). The van der Waals surface area contributed by atoms with Crippen molar-refractivity contribution in [3.8, 4) is 0 Å². The summed E-state index contributed by atoms with van der Waals surface area (Å²) in [5.74, 6) is -6.70. The number of carbonyl (C=O) groups is 6. The maximum atomic E-state index is 13.0. The number of carboxylic acids is 2. The van der Waals surface area contributed by atoms with Gasteiger partial charge >= 0.3 is 11.9 Å². The Morgan fingerprint density at radius 2 is 1.33 bits per heavy atom. The number of rotatable bonds is 15. The average molecular weight is 508 g/mol. The predicted molar refractivity (Wildman–Crippen MR) is 127 cm³/mol. The number of hydrogen-bond acceptors (Lipinski definition) is 7. The minimum atomic E-state index is -1.80. The predicted octanol–water partition coefficient (Wildman–Crippen LogP) is -1.51. The molecular weight excluding hydrogens is 474 g/mol. The van der Waals surface area contributed by atoms with Gasteiger partial charge in [-0.05, 0) is 24.3 Å². The summed E-state index contributed by atoms with van der Waals surface area (Å²) >= 11 is 0. The average Bonchev–Trinajstić information content (AvgIpc) is 2.77. The molecule has 0 radical (unpaired) electrons. The van der Waals surface area contributed by atoms with Crippen molar-refractivity contribution in [2.24, 2.45) is 17.4 Å². The van der Waals surface area contributed by atoms with Gasteiger partial charge in [-0.1, -0.05) is 44.2 Å². The van der Waals surface area contributed by atoms with Crippen LogP contribution in [0.15, 0.2) is 30.3 Å². The molecule has 13 nitrogen and oxygen atoms in total. The topological polar surface area (TPSA) is 231 Å². The highest BCUT2D eigenvalue weighted by molar-refractivity contribution is 5.96. The Kier molecular flexibility index (Phi) is 12.0. The van der Waals surface area contributed by atoms with Crippen molar-refractivity contribution >= 4 is 35.6 Å². The second kappa shape index (κ2) is 14.4. The fourth-order valence-corrected chi connectivity index (χ4v) is 3.27. The lowest BCUT2D eigenvalue weighted by Crippen LogP contribution is -2.58. The van der Waals surface area contributed by atoms with Gasteiger partial charge in [0.2, 0.25) is 23.6 Å². The van der Waals surface area contributed by atoms with Gasteiger partial charge in [-0.3, -0.25) is 24.0 Å². The lowest BCUT2D eigenvalue weighted by Gasteiger charge is -2.25. The van der Waals surface area contributed by atoms with E-state index in [4.69, 9.17) is 21.7 Å². The molecule has 0 bridgehead atoms. The number of benzene rings is 1. The normalized spacial score (nSPS) is 14.1. The van der Waals surface area contributed by atoms with E-state index in [1.165, 1.54) is 0 Å². The number of primary amides is 1. The summed E-state index contributed by atoms with van der Waals surface area (Å²) in [7, 11) is 0. The first kappa shape index (κ1) is 30.0. The van der Waals surface area contributed by atoms with Gasteiger partial charge in [-0.15, -0.1) is 0 Å². The molecule has 1 rings (SSSR count). The SMILES string of the molecule is CC(C)CC(NC(=O)C(N)Cc1ccccc1)C(=O)NC(CC(N)=O)C(=O)NC(CC(=O)O)C(=O)O. The van der Waals surface area contributed by atoms with Gasteiger partial charge in [0.25, 0.3) is 0 Å². The molecule has 36 heavy (non-hydrogen) atoms. The van der Waals surface area contributed by atoms with Gasteiger partial charge in [0.15, 0.2) is 0 Å². The van der Waals surface area contributed by atoms with E-state index < -0.39 is 72.6 Å². The second-order valence-electron chi connectivity index (χ2n) is 8.72. The highest BCUT2D eigenvalue weighted by atomic mass is 16.4. The van der Waals surface area contributed by atoms with E-state index in [1.54, 1.807) is 38.1 Å². The van der Waals surface area contributed by atoms with E-state index in [2.05, 4.69) is 10.6 Å². The van der Waals surface area contributed by atoms with Crippen LogP contribution < -0.4 is 27.4 Å². The van der Waals surface area contributed by atoms with Crippen LogP contribution in [0.25, 0.3) is 0 Å². The van der Waals surface area contributed by atoms with Gasteiger partial charge in [0, 0.05) is 0 Å². The first-order valence-corrected chi connectivity index (χ1v) is 11.2. The first-order chi connectivity index (χ1) is 16.8. The summed E-state index contributed by atoms with van der Waals surface area (Å²) in [4.78, 5) is 71.9. The smallest absolute Gasteiger partial charge is 0.326 e. The molecule has 0 heterocycles. The molecule has 4 amide bonds. The van der Waals surface area contributed by atoms with Crippen LogP contribution in [0.2, 0.25) is 0 Å². The van der Waals surface area contributed by atoms with Crippen LogP contribution in [0.5, 0.6) is 0 Å². The Labute approximate surface area is 208 Å². The number of amides is 4. The number of nitrogens with two attached hydrogens (primary N) is 2. The van der Waals surface area contributed by atoms with E-state index in [0.29, 0.717) is 0 Å². The molecule has 0 spiro atoms. The number of carbonyl (C=O) groups excluding carboxylic acids is 4. The molecule has 198 valence electrons. The van der Waals surface area contributed by atoms with Gasteiger partial charge in [-0.2, -0.15) is 0 Å². The number of nitrogens with one attached hydrogen (secondary N) is 3. The fraction of sp³-hybridized carbons (Fsp3) is 0.478. The van der Waals surface area contributed by atoms with Crippen molar-refractivity contribution in [1.29, 1.82) is 0 Å².